The molecule has 1 saturated heterocycles. The van der Waals surface area contributed by atoms with Crippen molar-refractivity contribution >= 4 is 21.8 Å². The Balaban J connectivity index is 1.88. The highest BCUT2D eigenvalue weighted by Gasteiger charge is 2.21. The molecule has 1 aliphatic rings. The lowest BCUT2D eigenvalue weighted by molar-refractivity contribution is -0.130. The average Bonchev–Trinajstić information content (AvgIpc) is 2.29. The molecule has 0 unspecified atom stereocenters. The Bertz CT molecular complexity index is 400. The number of likely N-dealkylation sites (tertiary alicyclic amines) is 1. The number of hydrogen-bond donors (Lipinski definition) is 0. The van der Waals surface area contributed by atoms with Gasteiger partial charge in [0.05, 0.1) is 0 Å². The van der Waals surface area contributed by atoms with E-state index in [0.29, 0.717) is 5.92 Å². The van der Waals surface area contributed by atoms with Crippen molar-refractivity contribution in [1.82, 2.24) is 9.88 Å². The van der Waals surface area contributed by atoms with Crippen molar-refractivity contribution in [3.05, 3.63) is 28.5 Å². The SMILES string of the molecule is CC(=O)N1CCC(Cc2cccc(Br)n2)CC1. The third-order valence-corrected chi connectivity index (χ3v) is 3.77. The first-order valence-corrected chi connectivity index (χ1v) is 6.81. The quantitative estimate of drug-likeness (QED) is 0.786. The number of pyridine rings is 1. The van der Waals surface area contributed by atoms with Crippen LogP contribution in [0.3, 0.4) is 0 Å². The normalized spacial score (nSPS) is 17.2. The van der Waals surface area contributed by atoms with Crippen LogP contribution in [0.15, 0.2) is 22.8 Å². The molecule has 3 nitrogen and oxygen atoms in total. The van der Waals surface area contributed by atoms with Crippen LogP contribution in [0.2, 0.25) is 0 Å². The number of rotatable bonds is 2. The van der Waals surface area contributed by atoms with E-state index in [-0.39, 0.29) is 5.91 Å². The van der Waals surface area contributed by atoms with Crippen LogP contribution in [0.4, 0.5) is 0 Å². The maximum Gasteiger partial charge on any atom is 0.219 e. The van der Waals surface area contributed by atoms with E-state index in [2.05, 4.69) is 27.0 Å². The first kappa shape index (κ1) is 12.6. The third-order valence-electron chi connectivity index (χ3n) is 3.33. The third kappa shape index (κ3) is 3.53. The lowest BCUT2D eigenvalue weighted by Gasteiger charge is -2.31. The highest BCUT2D eigenvalue weighted by atomic mass is 79.9. The molecule has 1 amide bonds. The van der Waals surface area contributed by atoms with Crippen LogP contribution in [0.25, 0.3) is 0 Å². The summed E-state index contributed by atoms with van der Waals surface area (Å²) in [5, 5.41) is 0. The van der Waals surface area contributed by atoms with Crippen LogP contribution in [0, 0.1) is 5.92 Å². The summed E-state index contributed by atoms with van der Waals surface area (Å²) < 4.78 is 0.899. The number of aromatic nitrogens is 1. The van der Waals surface area contributed by atoms with E-state index in [9.17, 15) is 4.79 Å². The molecule has 0 aromatic carbocycles. The van der Waals surface area contributed by atoms with Gasteiger partial charge in [0.2, 0.25) is 5.91 Å². The summed E-state index contributed by atoms with van der Waals surface area (Å²) in [6.07, 6.45) is 3.20. The summed E-state index contributed by atoms with van der Waals surface area (Å²) in [7, 11) is 0. The molecule has 1 aromatic heterocycles. The van der Waals surface area contributed by atoms with Crippen molar-refractivity contribution in [3.8, 4) is 0 Å². The van der Waals surface area contributed by atoms with E-state index >= 15 is 0 Å². The van der Waals surface area contributed by atoms with Crippen molar-refractivity contribution < 1.29 is 4.79 Å². The first-order valence-electron chi connectivity index (χ1n) is 6.02. The minimum Gasteiger partial charge on any atom is -0.343 e. The fourth-order valence-corrected chi connectivity index (χ4v) is 2.69. The molecule has 0 bridgehead atoms. The maximum atomic E-state index is 11.2. The van der Waals surface area contributed by atoms with Crippen molar-refractivity contribution in [1.29, 1.82) is 0 Å². The van der Waals surface area contributed by atoms with Crippen LogP contribution >= 0.6 is 15.9 Å². The topological polar surface area (TPSA) is 33.2 Å². The van der Waals surface area contributed by atoms with Crippen molar-refractivity contribution in [2.45, 2.75) is 26.2 Å². The molecule has 0 aliphatic carbocycles. The summed E-state index contributed by atoms with van der Waals surface area (Å²) in [4.78, 5) is 17.6. The Hall–Kier alpha value is -0.900. The Kier molecular flexibility index (Phi) is 4.15. The molecule has 0 spiro atoms. The predicted octanol–water partition coefficient (Wildman–Crippen LogP) is 2.65. The van der Waals surface area contributed by atoms with Crippen LogP contribution in [-0.4, -0.2) is 28.9 Å². The summed E-state index contributed by atoms with van der Waals surface area (Å²) in [6, 6.07) is 6.04. The van der Waals surface area contributed by atoms with Gasteiger partial charge in [0.1, 0.15) is 4.60 Å². The number of halogens is 1. The minimum atomic E-state index is 0.198. The fraction of sp³-hybridized carbons (Fsp3) is 0.538. The first-order chi connectivity index (χ1) is 8.15. The highest BCUT2D eigenvalue weighted by Crippen LogP contribution is 2.21. The number of carbonyl (C=O) groups excluding carboxylic acids is 1. The van der Waals surface area contributed by atoms with E-state index in [1.54, 1.807) is 6.92 Å². The second-order valence-electron chi connectivity index (χ2n) is 4.61. The Morgan fingerprint density at radius 1 is 1.47 bits per heavy atom. The lowest BCUT2D eigenvalue weighted by Crippen LogP contribution is -2.37. The molecule has 0 N–H and O–H groups in total. The van der Waals surface area contributed by atoms with Gasteiger partial charge in [-0.25, -0.2) is 4.98 Å². The summed E-state index contributed by atoms with van der Waals surface area (Å²) in [5.41, 5.74) is 1.14. The molecule has 0 atom stereocenters. The molecule has 2 heterocycles. The van der Waals surface area contributed by atoms with Crippen LogP contribution in [0.1, 0.15) is 25.5 Å². The Labute approximate surface area is 110 Å². The van der Waals surface area contributed by atoms with Crippen LogP contribution in [0.5, 0.6) is 0 Å². The van der Waals surface area contributed by atoms with E-state index in [0.717, 1.165) is 42.6 Å². The predicted molar refractivity (Wildman–Crippen MR) is 70.6 cm³/mol. The molecule has 0 saturated carbocycles. The van der Waals surface area contributed by atoms with E-state index in [1.807, 2.05) is 17.0 Å². The number of amides is 1. The van der Waals surface area contributed by atoms with Crippen molar-refractivity contribution in [2.24, 2.45) is 5.92 Å². The van der Waals surface area contributed by atoms with E-state index < -0.39 is 0 Å². The molecule has 1 aromatic rings. The van der Waals surface area contributed by atoms with Crippen LogP contribution < -0.4 is 0 Å². The van der Waals surface area contributed by atoms with Gasteiger partial charge < -0.3 is 4.90 Å². The molecule has 1 aliphatic heterocycles. The number of carbonyl (C=O) groups is 1. The molecule has 0 radical (unpaired) electrons. The summed E-state index contributed by atoms with van der Waals surface area (Å²) in [5.74, 6) is 0.858. The zero-order valence-corrected chi connectivity index (χ0v) is 11.6. The second kappa shape index (κ2) is 5.63. The van der Waals surface area contributed by atoms with Crippen molar-refractivity contribution in [2.75, 3.05) is 13.1 Å². The van der Waals surface area contributed by atoms with Gasteiger partial charge in [-0.1, -0.05) is 6.07 Å². The number of nitrogens with zero attached hydrogens (tertiary/aromatic N) is 2. The van der Waals surface area contributed by atoms with Gasteiger partial charge in [-0.3, -0.25) is 4.79 Å². The molecular formula is C13H17BrN2O. The van der Waals surface area contributed by atoms with Gasteiger partial charge in [0, 0.05) is 25.7 Å². The monoisotopic (exact) mass is 296 g/mol. The standard InChI is InChI=1S/C13H17BrN2O/c1-10(17)16-7-5-11(6-8-16)9-12-3-2-4-13(14)15-12/h2-4,11H,5-9H2,1H3. The van der Waals surface area contributed by atoms with E-state index in [1.165, 1.54) is 0 Å². The minimum absolute atomic E-state index is 0.198. The van der Waals surface area contributed by atoms with Gasteiger partial charge in [-0.05, 0) is 53.2 Å². The number of hydrogen-bond acceptors (Lipinski definition) is 2. The molecule has 17 heavy (non-hydrogen) atoms. The fourth-order valence-electron chi connectivity index (χ4n) is 2.31. The molecular weight excluding hydrogens is 280 g/mol. The van der Waals surface area contributed by atoms with Crippen LogP contribution in [-0.2, 0) is 11.2 Å². The Morgan fingerprint density at radius 3 is 2.76 bits per heavy atom. The summed E-state index contributed by atoms with van der Waals surface area (Å²) in [6.45, 7) is 3.44. The average molecular weight is 297 g/mol. The number of piperidine rings is 1. The van der Waals surface area contributed by atoms with Gasteiger partial charge in [-0.2, -0.15) is 0 Å². The second-order valence-corrected chi connectivity index (χ2v) is 5.42. The zero-order valence-electron chi connectivity index (χ0n) is 10.0. The smallest absolute Gasteiger partial charge is 0.219 e. The van der Waals surface area contributed by atoms with Crippen molar-refractivity contribution in [3.63, 3.8) is 0 Å². The summed E-state index contributed by atoms with van der Waals surface area (Å²) >= 11 is 3.39. The van der Waals surface area contributed by atoms with Gasteiger partial charge in [0.25, 0.3) is 0 Å². The van der Waals surface area contributed by atoms with Gasteiger partial charge in [0.15, 0.2) is 0 Å². The Morgan fingerprint density at radius 2 is 2.18 bits per heavy atom. The zero-order chi connectivity index (χ0) is 12.3. The highest BCUT2D eigenvalue weighted by molar-refractivity contribution is 9.10. The van der Waals surface area contributed by atoms with E-state index in [4.69, 9.17) is 0 Å². The largest absolute Gasteiger partial charge is 0.343 e. The maximum absolute atomic E-state index is 11.2. The molecule has 92 valence electrons. The lowest BCUT2D eigenvalue weighted by atomic mass is 9.92. The van der Waals surface area contributed by atoms with Gasteiger partial charge in [-0.15, -0.1) is 0 Å². The molecule has 1 fully saturated rings. The molecule has 4 heteroatoms. The molecule has 2 rings (SSSR count). The van der Waals surface area contributed by atoms with Gasteiger partial charge >= 0.3 is 0 Å².